The lowest BCUT2D eigenvalue weighted by atomic mass is 9.86. The van der Waals surface area contributed by atoms with Crippen molar-refractivity contribution in [1.82, 2.24) is 0 Å². The molecule has 2 N–H and O–H groups in total. The van der Waals surface area contributed by atoms with Crippen molar-refractivity contribution in [2.45, 2.75) is 18.1 Å². The van der Waals surface area contributed by atoms with E-state index in [9.17, 15) is 10.2 Å². The number of aromatic hydroxyl groups is 1. The molecule has 0 spiro atoms. The van der Waals surface area contributed by atoms with Crippen LogP contribution in [0.4, 0.5) is 5.69 Å². The summed E-state index contributed by atoms with van der Waals surface area (Å²) in [5, 5.41) is 23.1. The molecule has 4 nitrogen and oxygen atoms in total. The topological polar surface area (TPSA) is 52.9 Å². The Morgan fingerprint density at radius 2 is 1.42 bits per heavy atom. The lowest BCUT2D eigenvalue weighted by Crippen LogP contribution is -2.37. The summed E-state index contributed by atoms with van der Waals surface area (Å²) in [5.74, 6) is 0.764. The molecule has 2 aliphatic heterocycles. The molecule has 0 aliphatic carbocycles. The SMILES string of the molecule is Oc1cc2c(cc1C1(O)CN(C(c3ccccc3)c3ccccc3)c3ccccc31)CCO2. The maximum absolute atomic E-state index is 12.2. The van der Waals surface area contributed by atoms with Gasteiger partial charge in [0.1, 0.15) is 17.1 Å². The number of hydrogen-bond acceptors (Lipinski definition) is 4. The second-order valence-corrected chi connectivity index (χ2v) is 8.80. The standard InChI is InChI=1S/C29H25NO3/c31-26-18-27-22(15-16-33-27)17-24(26)29(32)19-30(25-14-8-7-13-23(25)29)28(20-9-3-1-4-10-20)21-11-5-2-6-12-21/h1-14,17-18,28,31-32H,15-16,19H2. The first-order valence-corrected chi connectivity index (χ1v) is 11.3. The van der Waals surface area contributed by atoms with E-state index in [4.69, 9.17) is 4.74 Å². The Bertz CT molecular complexity index is 1270. The number of phenols is 1. The van der Waals surface area contributed by atoms with Gasteiger partial charge >= 0.3 is 0 Å². The minimum atomic E-state index is -1.35. The van der Waals surface area contributed by atoms with Crippen molar-refractivity contribution in [2.75, 3.05) is 18.1 Å². The largest absolute Gasteiger partial charge is 0.507 e. The van der Waals surface area contributed by atoms with E-state index in [1.54, 1.807) is 6.07 Å². The van der Waals surface area contributed by atoms with Crippen molar-refractivity contribution in [3.05, 3.63) is 125 Å². The van der Waals surface area contributed by atoms with E-state index in [0.717, 1.165) is 34.4 Å². The van der Waals surface area contributed by atoms with Gasteiger partial charge in [-0.15, -0.1) is 0 Å². The summed E-state index contributed by atoms with van der Waals surface area (Å²) < 4.78 is 5.62. The number of ether oxygens (including phenoxy) is 1. The van der Waals surface area contributed by atoms with Crippen molar-refractivity contribution < 1.29 is 14.9 Å². The number of nitrogens with zero attached hydrogens (tertiary/aromatic N) is 1. The lowest BCUT2D eigenvalue weighted by Gasteiger charge is -2.33. The van der Waals surface area contributed by atoms with Crippen molar-refractivity contribution in [3.63, 3.8) is 0 Å². The highest BCUT2D eigenvalue weighted by molar-refractivity contribution is 5.69. The molecule has 0 bridgehead atoms. The fourth-order valence-electron chi connectivity index (χ4n) is 5.32. The van der Waals surface area contributed by atoms with Crippen molar-refractivity contribution >= 4 is 5.69 Å². The summed E-state index contributed by atoms with van der Waals surface area (Å²) >= 11 is 0. The van der Waals surface area contributed by atoms with Crippen LogP contribution in [0.25, 0.3) is 0 Å². The van der Waals surface area contributed by atoms with Crippen molar-refractivity contribution in [2.24, 2.45) is 0 Å². The number of rotatable bonds is 4. The molecular weight excluding hydrogens is 410 g/mol. The number of anilines is 1. The molecular formula is C29H25NO3. The summed E-state index contributed by atoms with van der Waals surface area (Å²) in [7, 11) is 0. The summed E-state index contributed by atoms with van der Waals surface area (Å²) in [6.45, 7) is 0.928. The molecule has 0 aromatic heterocycles. The molecule has 6 rings (SSSR count). The second-order valence-electron chi connectivity index (χ2n) is 8.80. The zero-order valence-corrected chi connectivity index (χ0v) is 18.2. The van der Waals surface area contributed by atoms with Crippen LogP contribution in [-0.4, -0.2) is 23.4 Å². The Morgan fingerprint density at radius 1 is 0.788 bits per heavy atom. The molecule has 4 aromatic rings. The van der Waals surface area contributed by atoms with Crippen LogP contribution in [-0.2, 0) is 12.0 Å². The van der Waals surface area contributed by atoms with Crippen molar-refractivity contribution in [3.8, 4) is 11.5 Å². The van der Waals surface area contributed by atoms with Gasteiger partial charge in [-0.2, -0.15) is 0 Å². The van der Waals surface area contributed by atoms with Crippen molar-refractivity contribution in [1.29, 1.82) is 0 Å². The quantitative estimate of drug-likeness (QED) is 0.464. The van der Waals surface area contributed by atoms with Crippen LogP contribution >= 0.6 is 0 Å². The first-order chi connectivity index (χ1) is 16.1. The molecule has 33 heavy (non-hydrogen) atoms. The van der Waals surface area contributed by atoms with Gasteiger partial charge in [0.05, 0.1) is 19.2 Å². The summed E-state index contributed by atoms with van der Waals surface area (Å²) in [5.41, 5.74) is 4.27. The van der Waals surface area contributed by atoms with E-state index < -0.39 is 5.60 Å². The van der Waals surface area contributed by atoms with Gasteiger partial charge in [-0.1, -0.05) is 78.9 Å². The highest BCUT2D eigenvalue weighted by Gasteiger charge is 2.46. The fourth-order valence-corrected chi connectivity index (χ4v) is 5.32. The molecule has 0 fully saturated rings. The Labute approximate surface area is 193 Å². The first kappa shape index (κ1) is 19.9. The van der Waals surface area contributed by atoms with E-state index in [-0.39, 0.29) is 11.8 Å². The van der Waals surface area contributed by atoms with Gasteiger partial charge in [0.15, 0.2) is 0 Å². The zero-order chi connectivity index (χ0) is 22.4. The maximum Gasteiger partial charge on any atom is 0.138 e. The van der Waals surface area contributed by atoms with E-state index in [1.807, 2.05) is 60.7 Å². The molecule has 1 unspecified atom stereocenters. The van der Waals surface area contributed by atoms with Gasteiger partial charge in [-0.25, -0.2) is 0 Å². The fraction of sp³-hybridized carbons (Fsp3) is 0.172. The number of fused-ring (bicyclic) bond motifs is 2. The van der Waals surface area contributed by atoms with E-state index in [1.165, 1.54) is 0 Å². The van der Waals surface area contributed by atoms with E-state index in [0.29, 0.717) is 24.5 Å². The molecule has 0 saturated heterocycles. The molecule has 0 saturated carbocycles. The zero-order valence-electron chi connectivity index (χ0n) is 18.2. The smallest absolute Gasteiger partial charge is 0.138 e. The van der Waals surface area contributed by atoms with Crippen LogP contribution in [0.5, 0.6) is 11.5 Å². The third kappa shape index (κ3) is 3.18. The number of aliphatic hydroxyl groups is 1. The maximum atomic E-state index is 12.2. The van der Waals surface area contributed by atoms with Gasteiger partial charge in [0, 0.05) is 29.3 Å². The summed E-state index contributed by atoms with van der Waals surface area (Å²) in [4.78, 5) is 2.25. The van der Waals surface area contributed by atoms with Gasteiger partial charge < -0.3 is 19.8 Å². The Kier molecular flexibility index (Phi) is 4.63. The molecule has 164 valence electrons. The van der Waals surface area contributed by atoms with Gasteiger partial charge in [-0.05, 0) is 28.8 Å². The molecule has 2 heterocycles. The van der Waals surface area contributed by atoms with Crippen LogP contribution in [0.15, 0.2) is 97.1 Å². The highest BCUT2D eigenvalue weighted by Crippen LogP contribution is 2.51. The molecule has 0 radical (unpaired) electrons. The molecule has 4 heteroatoms. The van der Waals surface area contributed by atoms with Gasteiger partial charge in [0.25, 0.3) is 0 Å². The van der Waals surface area contributed by atoms with Crippen LogP contribution < -0.4 is 9.64 Å². The normalized spacial score (nSPS) is 18.8. The third-order valence-electron chi connectivity index (χ3n) is 6.85. The lowest BCUT2D eigenvalue weighted by molar-refractivity contribution is 0.0940. The molecule has 4 aromatic carbocycles. The van der Waals surface area contributed by atoms with Crippen LogP contribution in [0.2, 0.25) is 0 Å². The monoisotopic (exact) mass is 435 g/mol. The number of hydrogen-bond donors (Lipinski definition) is 2. The average molecular weight is 436 g/mol. The molecule has 1 atom stereocenters. The first-order valence-electron chi connectivity index (χ1n) is 11.3. The molecule has 2 aliphatic rings. The summed E-state index contributed by atoms with van der Waals surface area (Å²) in [6.07, 6.45) is 0.778. The van der Waals surface area contributed by atoms with Crippen LogP contribution in [0.1, 0.15) is 33.9 Å². The Balaban J connectivity index is 1.52. The van der Waals surface area contributed by atoms with Crippen LogP contribution in [0, 0.1) is 0 Å². The minimum Gasteiger partial charge on any atom is -0.507 e. The third-order valence-corrected chi connectivity index (χ3v) is 6.85. The highest BCUT2D eigenvalue weighted by atomic mass is 16.5. The summed E-state index contributed by atoms with van der Waals surface area (Å²) in [6, 6.07) is 32.2. The predicted octanol–water partition coefficient (Wildman–Crippen LogP) is 5.17. The van der Waals surface area contributed by atoms with E-state index >= 15 is 0 Å². The molecule has 0 amide bonds. The average Bonchev–Trinajstić information content (AvgIpc) is 3.43. The number of benzene rings is 4. The predicted molar refractivity (Wildman–Crippen MR) is 129 cm³/mol. The van der Waals surface area contributed by atoms with Crippen LogP contribution in [0.3, 0.4) is 0 Å². The van der Waals surface area contributed by atoms with Gasteiger partial charge in [0.2, 0.25) is 0 Å². The number of phenolic OH excluding ortho intramolecular Hbond substituents is 1. The second kappa shape index (κ2) is 7.68. The van der Waals surface area contributed by atoms with E-state index in [2.05, 4.69) is 35.2 Å². The Morgan fingerprint density at radius 3 is 2.12 bits per heavy atom. The minimum absolute atomic E-state index is 0.0609. The Hall–Kier alpha value is -3.76. The number of β-amino-alcohol motifs (C(OH)–C–C–N with tert-alkyl or cyclic N) is 1. The van der Waals surface area contributed by atoms with Gasteiger partial charge in [-0.3, -0.25) is 0 Å². The number of para-hydroxylation sites is 1.